The molecule has 0 aliphatic carbocycles. The number of likely N-dealkylation sites (N-methyl/N-ethyl adjacent to an activating group) is 2. The van der Waals surface area contributed by atoms with Crippen LogP contribution in [-0.4, -0.2) is 65.8 Å². The van der Waals surface area contributed by atoms with Crippen LogP contribution in [0.1, 0.15) is 37.0 Å². The zero-order chi connectivity index (χ0) is 27.4. The Bertz CT molecular complexity index is 1140. The minimum Gasteiger partial charge on any atom is -0.497 e. The van der Waals surface area contributed by atoms with Crippen LogP contribution >= 0.6 is 0 Å². The molecule has 0 aromatic heterocycles. The summed E-state index contributed by atoms with van der Waals surface area (Å²) >= 11 is 0. The lowest BCUT2D eigenvalue weighted by Gasteiger charge is -2.20. The Kier molecular flexibility index (Phi) is 11.7. The molecule has 0 spiro atoms. The van der Waals surface area contributed by atoms with Crippen LogP contribution in [-0.2, 0) is 9.59 Å². The monoisotopic (exact) mass is 498 g/mol. The highest BCUT2D eigenvalue weighted by Gasteiger charge is 2.22. The summed E-state index contributed by atoms with van der Waals surface area (Å²) in [5.41, 5.74) is 1.58. The molecule has 0 aliphatic heterocycles. The molecule has 11 nitrogen and oxygen atoms in total. The Morgan fingerprint density at radius 1 is 0.944 bits per heavy atom. The molecule has 0 aliphatic rings. The number of hydroxylamine groups is 4. The molecule has 0 saturated carbocycles. The zero-order valence-corrected chi connectivity index (χ0v) is 21.1. The van der Waals surface area contributed by atoms with E-state index in [1.807, 2.05) is 19.1 Å². The van der Waals surface area contributed by atoms with Gasteiger partial charge in [-0.05, 0) is 50.1 Å². The number of ether oxygens (including phenoxy) is 3. The second-order valence-electron chi connectivity index (χ2n) is 7.58. The largest absolute Gasteiger partial charge is 0.497 e. The molecule has 0 saturated heterocycles. The molecular weight excluding hydrogens is 468 g/mol. The van der Waals surface area contributed by atoms with Crippen molar-refractivity contribution in [2.75, 3.05) is 21.2 Å². The summed E-state index contributed by atoms with van der Waals surface area (Å²) < 4.78 is 15.8. The van der Waals surface area contributed by atoms with Crippen molar-refractivity contribution in [1.29, 1.82) is 10.5 Å². The number of carbonyl (C=O) groups excluding carboxylic acids is 2. The van der Waals surface area contributed by atoms with Gasteiger partial charge >= 0.3 is 0 Å². The van der Waals surface area contributed by atoms with E-state index in [-0.39, 0.29) is 11.3 Å². The molecule has 0 bridgehead atoms. The van der Waals surface area contributed by atoms with E-state index in [0.717, 1.165) is 5.56 Å². The number of nitrogens with zero attached hydrogens (tertiary/aromatic N) is 4. The van der Waals surface area contributed by atoms with Crippen molar-refractivity contribution in [3.8, 4) is 29.4 Å². The molecule has 2 unspecified atom stereocenters. The van der Waals surface area contributed by atoms with Crippen LogP contribution in [0.4, 0.5) is 0 Å². The summed E-state index contributed by atoms with van der Waals surface area (Å²) in [6.45, 7) is 5.13. The van der Waals surface area contributed by atoms with Gasteiger partial charge in [-0.15, -0.1) is 0 Å². The van der Waals surface area contributed by atoms with Gasteiger partial charge in [-0.2, -0.15) is 10.5 Å². The maximum atomic E-state index is 11.6. The van der Waals surface area contributed by atoms with Crippen molar-refractivity contribution in [2.24, 2.45) is 0 Å². The van der Waals surface area contributed by atoms with E-state index in [1.54, 1.807) is 37.3 Å². The Morgan fingerprint density at radius 3 is 1.97 bits per heavy atom. The highest BCUT2D eigenvalue weighted by atomic mass is 16.5. The molecule has 2 atom stereocenters. The number of hydrogen-bond donors (Lipinski definition) is 2. The predicted molar refractivity (Wildman–Crippen MR) is 128 cm³/mol. The number of rotatable bonds is 8. The first kappa shape index (κ1) is 29.7. The summed E-state index contributed by atoms with van der Waals surface area (Å²) in [5, 5.41) is 37.0. The number of aryl methyl sites for hydroxylation is 1. The number of methoxy groups -OCH3 is 1. The Morgan fingerprint density at radius 2 is 1.47 bits per heavy atom. The molecule has 2 N–H and O–H groups in total. The number of amides is 2. The van der Waals surface area contributed by atoms with Gasteiger partial charge in [0.05, 0.1) is 18.2 Å². The van der Waals surface area contributed by atoms with E-state index < -0.39 is 24.0 Å². The van der Waals surface area contributed by atoms with Gasteiger partial charge in [0.1, 0.15) is 29.4 Å². The molecule has 0 heterocycles. The van der Waals surface area contributed by atoms with Crippen molar-refractivity contribution in [1.82, 2.24) is 10.1 Å². The van der Waals surface area contributed by atoms with Crippen LogP contribution in [0.3, 0.4) is 0 Å². The second kappa shape index (κ2) is 14.2. The average Bonchev–Trinajstić information content (AvgIpc) is 2.87. The third kappa shape index (κ3) is 8.47. The molecule has 2 aromatic rings. The van der Waals surface area contributed by atoms with E-state index in [2.05, 4.69) is 0 Å². The van der Waals surface area contributed by atoms with Gasteiger partial charge in [0.2, 0.25) is 0 Å². The Balaban J connectivity index is 0.000000360. The van der Waals surface area contributed by atoms with E-state index in [0.29, 0.717) is 33.6 Å². The number of benzene rings is 2. The first-order valence-corrected chi connectivity index (χ1v) is 10.8. The van der Waals surface area contributed by atoms with Crippen LogP contribution < -0.4 is 14.2 Å². The van der Waals surface area contributed by atoms with Crippen molar-refractivity contribution in [2.45, 2.75) is 39.4 Å². The Hall–Kier alpha value is -4.32. The van der Waals surface area contributed by atoms with Crippen molar-refractivity contribution >= 4 is 11.8 Å². The molecule has 11 heteroatoms. The zero-order valence-electron chi connectivity index (χ0n) is 21.1. The van der Waals surface area contributed by atoms with Crippen LogP contribution in [0.5, 0.6) is 17.2 Å². The molecule has 36 heavy (non-hydrogen) atoms. The van der Waals surface area contributed by atoms with Gasteiger partial charge in [0, 0.05) is 20.2 Å². The summed E-state index contributed by atoms with van der Waals surface area (Å²) in [5.74, 6) is -0.0000199. The van der Waals surface area contributed by atoms with Crippen LogP contribution in [0.25, 0.3) is 0 Å². The van der Waals surface area contributed by atoms with Gasteiger partial charge in [-0.25, -0.2) is 10.1 Å². The first-order valence-electron chi connectivity index (χ1n) is 10.8. The summed E-state index contributed by atoms with van der Waals surface area (Å²) in [4.78, 5) is 23.0. The maximum Gasteiger partial charge on any atom is 0.286 e. The smallest absolute Gasteiger partial charge is 0.286 e. The van der Waals surface area contributed by atoms with E-state index in [4.69, 9.17) is 35.1 Å². The minimum atomic E-state index is -0.888. The maximum absolute atomic E-state index is 11.6. The van der Waals surface area contributed by atoms with Gasteiger partial charge in [-0.3, -0.25) is 20.0 Å². The van der Waals surface area contributed by atoms with Gasteiger partial charge in [-0.1, -0.05) is 13.0 Å². The van der Waals surface area contributed by atoms with Crippen LogP contribution in [0, 0.1) is 29.6 Å². The molecule has 0 fully saturated rings. The SMILES string of the molecule is CCC(Oc1ccc(C)cc1C#N)C(=O)N(C)O.COc1ccc(OC(C)C(=O)N(C)O)c(C#N)c1. The minimum absolute atomic E-state index is 0.259. The fourth-order valence-electron chi connectivity index (χ4n) is 2.83. The fraction of sp³-hybridized carbons (Fsp3) is 0.360. The normalized spacial score (nSPS) is 11.4. The van der Waals surface area contributed by atoms with E-state index in [9.17, 15) is 9.59 Å². The molecule has 192 valence electrons. The average molecular weight is 499 g/mol. The topological polar surface area (TPSA) is 156 Å². The molecule has 2 aromatic carbocycles. The molecular formula is C25H30N4O7. The quantitative estimate of drug-likeness (QED) is 0.412. The predicted octanol–water partition coefficient (Wildman–Crippen LogP) is 3.05. The lowest BCUT2D eigenvalue weighted by molar-refractivity contribution is -0.167. The van der Waals surface area contributed by atoms with Crippen LogP contribution in [0.2, 0.25) is 0 Å². The van der Waals surface area contributed by atoms with Crippen LogP contribution in [0.15, 0.2) is 36.4 Å². The molecule has 2 amide bonds. The Labute approximate surface area is 210 Å². The lowest BCUT2D eigenvalue weighted by Crippen LogP contribution is -2.37. The van der Waals surface area contributed by atoms with Crippen molar-refractivity contribution < 1.29 is 34.2 Å². The van der Waals surface area contributed by atoms with Gasteiger partial charge in [0.15, 0.2) is 12.2 Å². The van der Waals surface area contributed by atoms with Gasteiger partial charge < -0.3 is 14.2 Å². The third-order valence-electron chi connectivity index (χ3n) is 4.77. The number of carbonyl (C=O) groups is 2. The fourth-order valence-corrected chi connectivity index (χ4v) is 2.83. The third-order valence-corrected chi connectivity index (χ3v) is 4.77. The lowest BCUT2D eigenvalue weighted by atomic mass is 10.1. The second-order valence-corrected chi connectivity index (χ2v) is 7.58. The summed E-state index contributed by atoms with van der Waals surface area (Å²) in [7, 11) is 3.94. The highest BCUT2D eigenvalue weighted by molar-refractivity contribution is 5.80. The summed E-state index contributed by atoms with van der Waals surface area (Å²) in [6, 6.07) is 13.8. The highest BCUT2D eigenvalue weighted by Crippen LogP contribution is 2.24. The molecule has 2 rings (SSSR count). The van der Waals surface area contributed by atoms with Crippen molar-refractivity contribution in [3.05, 3.63) is 53.1 Å². The van der Waals surface area contributed by atoms with Crippen molar-refractivity contribution in [3.63, 3.8) is 0 Å². The first-order chi connectivity index (χ1) is 17.0. The van der Waals surface area contributed by atoms with Gasteiger partial charge in [0.25, 0.3) is 11.8 Å². The number of hydrogen-bond acceptors (Lipinski definition) is 9. The molecule has 0 radical (unpaired) electrons. The van der Waals surface area contributed by atoms with E-state index in [1.165, 1.54) is 34.2 Å². The number of nitriles is 2. The standard InChI is InChI=1S/C13H16N2O3.C12H14N2O4/c1-4-11(13(16)15(3)17)18-12-6-5-9(2)7-10(12)8-14;1-8(12(15)14(2)16)18-11-5-4-10(17-3)6-9(11)7-13/h5-7,11,17H,4H2,1-3H3;4-6,8,16H,1-3H3. The summed E-state index contributed by atoms with van der Waals surface area (Å²) in [6.07, 6.45) is -1.28. The van der Waals surface area contributed by atoms with E-state index >= 15 is 0 Å².